The van der Waals surface area contributed by atoms with E-state index >= 15 is 0 Å². The van der Waals surface area contributed by atoms with Crippen molar-refractivity contribution in [1.29, 1.82) is 0 Å². The fourth-order valence-corrected chi connectivity index (χ4v) is 1.04. The van der Waals surface area contributed by atoms with E-state index in [4.69, 9.17) is 4.42 Å². The number of rotatable bonds is 2. The second kappa shape index (κ2) is 3.26. The van der Waals surface area contributed by atoms with Gasteiger partial charge in [-0.15, -0.1) is 0 Å². The zero-order valence-corrected chi connectivity index (χ0v) is 7.19. The fourth-order valence-electron chi connectivity index (χ4n) is 1.04. The maximum absolute atomic E-state index is 5.33. The Morgan fingerprint density at radius 2 is 2.31 bits per heavy atom. The molecule has 1 aromatic carbocycles. The van der Waals surface area contributed by atoms with Crippen LogP contribution in [0.5, 0.6) is 0 Å². The lowest BCUT2D eigenvalue weighted by Gasteiger charge is -1.87. The van der Waals surface area contributed by atoms with Crippen molar-refractivity contribution in [2.75, 3.05) is 5.43 Å². The van der Waals surface area contributed by atoms with E-state index in [1.807, 2.05) is 31.2 Å². The molecule has 1 N–H and O–H groups in total. The van der Waals surface area contributed by atoms with Gasteiger partial charge in [-0.3, -0.25) is 0 Å². The number of hydrazone groups is 1. The normalized spacial score (nSPS) is 11.2. The summed E-state index contributed by atoms with van der Waals surface area (Å²) < 4.78 is 5.33. The highest BCUT2D eigenvalue weighted by Crippen LogP contribution is 2.17. The predicted molar refractivity (Wildman–Crippen MR) is 51.8 cm³/mol. The number of nitrogens with zero attached hydrogens (tertiary/aromatic N) is 2. The van der Waals surface area contributed by atoms with Crippen LogP contribution in [0.4, 0.5) is 6.01 Å². The molecular weight excluding hydrogens is 166 g/mol. The topological polar surface area (TPSA) is 50.4 Å². The van der Waals surface area contributed by atoms with Crippen molar-refractivity contribution in [1.82, 2.24) is 4.98 Å². The minimum Gasteiger partial charge on any atom is -0.422 e. The van der Waals surface area contributed by atoms with E-state index in [1.54, 1.807) is 6.21 Å². The molecule has 13 heavy (non-hydrogen) atoms. The fraction of sp³-hybridized carbons (Fsp3) is 0.111. The van der Waals surface area contributed by atoms with E-state index in [1.165, 1.54) is 0 Å². The van der Waals surface area contributed by atoms with Crippen molar-refractivity contribution in [2.24, 2.45) is 5.10 Å². The number of aromatic nitrogens is 1. The summed E-state index contributed by atoms with van der Waals surface area (Å²) in [6, 6.07) is 7.99. The zero-order chi connectivity index (χ0) is 9.10. The maximum atomic E-state index is 5.33. The first-order valence-corrected chi connectivity index (χ1v) is 3.99. The SMILES string of the molecule is C/C=N/Nc1nc2ccccc2o1. The molecule has 0 aliphatic rings. The molecule has 1 heterocycles. The summed E-state index contributed by atoms with van der Waals surface area (Å²) in [4.78, 5) is 4.16. The van der Waals surface area contributed by atoms with Crippen LogP contribution in [-0.2, 0) is 0 Å². The van der Waals surface area contributed by atoms with Gasteiger partial charge < -0.3 is 4.42 Å². The number of oxazole rings is 1. The first kappa shape index (κ1) is 7.79. The van der Waals surface area contributed by atoms with Gasteiger partial charge in [0.15, 0.2) is 5.58 Å². The zero-order valence-electron chi connectivity index (χ0n) is 7.19. The minimum absolute atomic E-state index is 0.416. The van der Waals surface area contributed by atoms with Crippen LogP contribution < -0.4 is 5.43 Å². The minimum atomic E-state index is 0.416. The van der Waals surface area contributed by atoms with Crippen LogP contribution in [0.25, 0.3) is 11.1 Å². The molecule has 0 aliphatic heterocycles. The van der Waals surface area contributed by atoms with E-state index in [0.29, 0.717) is 6.01 Å². The van der Waals surface area contributed by atoms with Crippen LogP contribution in [0.3, 0.4) is 0 Å². The van der Waals surface area contributed by atoms with Crippen molar-refractivity contribution in [3.63, 3.8) is 0 Å². The second-order valence-corrected chi connectivity index (χ2v) is 2.49. The number of hydrogen-bond acceptors (Lipinski definition) is 4. The molecule has 0 saturated carbocycles. The van der Waals surface area contributed by atoms with Crippen LogP contribution in [0.2, 0.25) is 0 Å². The molecule has 0 fully saturated rings. The highest BCUT2D eigenvalue weighted by molar-refractivity contribution is 5.74. The smallest absolute Gasteiger partial charge is 0.316 e. The molecule has 0 aliphatic carbocycles. The average molecular weight is 175 g/mol. The standard InChI is InChI=1S/C9H9N3O/c1-2-10-12-9-11-7-5-3-4-6-8(7)13-9/h2-6H,1H3,(H,11,12)/b10-2+. The van der Waals surface area contributed by atoms with Crippen molar-refractivity contribution in [3.8, 4) is 0 Å². The predicted octanol–water partition coefficient (Wildman–Crippen LogP) is 2.25. The summed E-state index contributed by atoms with van der Waals surface area (Å²) in [5.41, 5.74) is 4.27. The van der Waals surface area contributed by atoms with E-state index in [-0.39, 0.29) is 0 Å². The Morgan fingerprint density at radius 1 is 1.46 bits per heavy atom. The summed E-state index contributed by atoms with van der Waals surface area (Å²) in [7, 11) is 0. The Morgan fingerprint density at radius 3 is 3.08 bits per heavy atom. The van der Waals surface area contributed by atoms with Crippen molar-refractivity contribution in [2.45, 2.75) is 6.92 Å². The molecule has 0 spiro atoms. The summed E-state index contributed by atoms with van der Waals surface area (Å²) in [5.74, 6) is 0. The Labute approximate surface area is 75.3 Å². The van der Waals surface area contributed by atoms with Gasteiger partial charge in [-0.2, -0.15) is 10.1 Å². The molecular formula is C9H9N3O. The second-order valence-electron chi connectivity index (χ2n) is 2.49. The lowest BCUT2D eigenvalue weighted by molar-refractivity contribution is 0.617. The molecule has 4 heteroatoms. The van der Waals surface area contributed by atoms with E-state index in [9.17, 15) is 0 Å². The molecule has 4 nitrogen and oxygen atoms in total. The van der Waals surface area contributed by atoms with Gasteiger partial charge >= 0.3 is 6.01 Å². The van der Waals surface area contributed by atoms with Gasteiger partial charge in [-0.25, -0.2) is 5.43 Å². The Kier molecular flexibility index (Phi) is 1.96. The molecule has 1 aromatic heterocycles. The molecule has 2 rings (SSSR count). The molecule has 0 amide bonds. The lowest BCUT2D eigenvalue weighted by atomic mass is 10.3. The molecule has 0 bridgehead atoms. The summed E-state index contributed by atoms with van der Waals surface area (Å²) in [5, 5.41) is 3.81. The molecule has 0 saturated heterocycles. The first-order valence-electron chi connectivity index (χ1n) is 3.99. The van der Waals surface area contributed by atoms with Gasteiger partial charge in [0.1, 0.15) is 5.52 Å². The Balaban J connectivity index is 2.38. The number of fused-ring (bicyclic) bond motifs is 1. The number of para-hydroxylation sites is 2. The van der Waals surface area contributed by atoms with Gasteiger partial charge in [-0.1, -0.05) is 12.1 Å². The van der Waals surface area contributed by atoms with Gasteiger partial charge in [-0.05, 0) is 19.1 Å². The summed E-state index contributed by atoms with van der Waals surface area (Å²) in [6.45, 7) is 1.82. The number of nitrogens with one attached hydrogen (secondary N) is 1. The van der Waals surface area contributed by atoms with Crippen molar-refractivity contribution >= 4 is 23.3 Å². The number of benzene rings is 1. The van der Waals surface area contributed by atoms with Gasteiger partial charge in [0.25, 0.3) is 0 Å². The quantitative estimate of drug-likeness (QED) is 0.562. The van der Waals surface area contributed by atoms with E-state index in [0.717, 1.165) is 11.1 Å². The highest BCUT2D eigenvalue weighted by atomic mass is 16.4. The van der Waals surface area contributed by atoms with Gasteiger partial charge in [0, 0.05) is 6.21 Å². The third kappa shape index (κ3) is 1.51. The molecule has 0 radical (unpaired) electrons. The molecule has 0 atom stereocenters. The van der Waals surface area contributed by atoms with Crippen molar-refractivity contribution in [3.05, 3.63) is 24.3 Å². The third-order valence-corrected chi connectivity index (χ3v) is 1.58. The molecule has 0 unspecified atom stereocenters. The van der Waals surface area contributed by atoms with Crippen LogP contribution >= 0.6 is 0 Å². The first-order chi connectivity index (χ1) is 6.40. The Bertz CT molecular complexity index is 400. The largest absolute Gasteiger partial charge is 0.422 e. The van der Waals surface area contributed by atoms with E-state index in [2.05, 4.69) is 15.5 Å². The summed E-state index contributed by atoms with van der Waals surface area (Å²) in [6.07, 6.45) is 1.63. The third-order valence-electron chi connectivity index (χ3n) is 1.58. The van der Waals surface area contributed by atoms with Gasteiger partial charge in [0.05, 0.1) is 0 Å². The number of anilines is 1. The highest BCUT2D eigenvalue weighted by Gasteiger charge is 2.01. The Hall–Kier alpha value is -1.84. The summed E-state index contributed by atoms with van der Waals surface area (Å²) >= 11 is 0. The number of hydrogen-bond donors (Lipinski definition) is 1. The molecule has 2 aromatic rings. The lowest BCUT2D eigenvalue weighted by Crippen LogP contribution is -1.86. The van der Waals surface area contributed by atoms with Crippen LogP contribution in [0, 0.1) is 0 Å². The van der Waals surface area contributed by atoms with Crippen molar-refractivity contribution < 1.29 is 4.42 Å². The van der Waals surface area contributed by atoms with Crippen LogP contribution in [-0.4, -0.2) is 11.2 Å². The maximum Gasteiger partial charge on any atom is 0.316 e. The van der Waals surface area contributed by atoms with Crippen LogP contribution in [0.15, 0.2) is 33.8 Å². The van der Waals surface area contributed by atoms with Crippen LogP contribution in [0.1, 0.15) is 6.92 Å². The molecule has 66 valence electrons. The average Bonchev–Trinajstić information content (AvgIpc) is 2.57. The monoisotopic (exact) mass is 175 g/mol. The van der Waals surface area contributed by atoms with Gasteiger partial charge in [0.2, 0.25) is 0 Å². The van der Waals surface area contributed by atoms with E-state index < -0.39 is 0 Å².